The molecule has 0 spiro atoms. The van der Waals surface area contributed by atoms with Crippen LogP contribution in [0.5, 0.6) is 0 Å². The van der Waals surface area contributed by atoms with Crippen molar-refractivity contribution in [1.82, 2.24) is 5.32 Å². The molecule has 0 saturated carbocycles. The summed E-state index contributed by atoms with van der Waals surface area (Å²) in [6, 6.07) is 5.93. The van der Waals surface area contributed by atoms with Crippen LogP contribution in [-0.4, -0.2) is 6.54 Å². The third-order valence-corrected chi connectivity index (χ3v) is 3.75. The third-order valence-electron chi connectivity index (χ3n) is 3.14. The lowest BCUT2D eigenvalue weighted by Gasteiger charge is -2.19. The maximum atomic E-state index is 14.2. The summed E-state index contributed by atoms with van der Waals surface area (Å²) < 4.78 is 33.6. The van der Waals surface area contributed by atoms with Gasteiger partial charge in [0.2, 0.25) is 0 Å². The van der Waals surface area contributed by atoms with Gasteiger partial charge in [-0.05, 0) is 53.2 Å². The molecule has 0 aliphatic heterocycles. The first kappa shape index (κ1) is 15.2. The third kappa shape index (κ3) is 3.46. The van der Waals surface area contributed by atoms with E-state index >= 15 is 0 Å². The number of aryl methyl sites for hydroxylation is 1. The molecule has 1 unspecified atom stereocenters. The standard InChI is InChI=1S/C15H16BrF2NO/c1-2-19-13(8-5-10-4-3-9-20-10)14-12(17)7-6-11(16)15(14)18/h3-4,6-7,9,13,19H,2,5,8H2,1H3. The molecule has 5 heteroatoms. The van der Waals surface area contributed by atoms with E-state index in [4.69, 9.17) is 4.42 Å². The van der Waals surface area contributed by atoms with Crippen LogP contribution in [0.4, 0.5) is 8.78 Å². The number of nitrogens with one attached hydrogen (secondary N) is 1. The van der Waals surface area contributed by atoms with Crippen molar-refractivity contribution in [2.45, 2.75) is 25.8 Å². The van der Waals surface area contributed by atoms with Crippen LogP contribution >= 0.6 is 15.9 Å². The molecule has 0 aliphatic rings. The average molecular weight is 344 g/mol. The lowest BCUT2D eigenvalue weighted by molar-refractivity contribution is 0.429. The summed E-state index contributed by atoms with van der Waals surface area (Å²) in [5.74, 6) is -0.268. The fourth-order valence-electron chi connectivity index (χ4n) is 2.20. The molecule has 1 atom stereocenters. The first-order chi connectivity index (χ1) is 9.63. The number of halogens is 3. The molecule has 2 rings (SSSR count). The highest BCUT2D eigenvalue weighted by atomic mass is 79.9. The summed E-state index contributed by atoms with van der Waals surface area (Å²) in [5.41, 5.74) is 0.0766. The smallest absolute Gasteiger partial charge is 0.145 e. The predicted octanol–water partition coefficient (Wildman–Crippen LogP) is 4.60. The van der Waals surface area contributed by atoms with Crippen molar-refractivity contribution in [3.05, 3.63) is 58.0 Å². The van der Waals surface area contributed by atoms with Crippen LogP contribution in [0, 0.1) is 11.6 Å². The number of hydrogen-bond donors (Lipinski definition) is 1. The zero-order valence-electron chi connectivity index (χ0n) is 11.1. The van der Waals surface area contributed by atoms with Gasteiger partial charge in [0.05, 0.1) is 10.7 Å². The number of furan rings is 1. The van der Waals surface area contributed by atoms with Crippen molar-refractivity contribution in [2.24, 2.45) is 0 Å². The van der Waals surface area contributed by atoms with Crippen molar-refractivity contribution >= 4 is 15.9 Å². The molecule has 1 aromatic carbocycles. The number of rotatable bonds is 6. The van der Waals surface area contributed by atoms with E-state index in [-0.39, 0.29) is 16.1 Å². The molecule has 0 saturated heterocycles. The second-order valence-corrected chi connectivity index (χ2v) is 5.34. The van der Waals surface area contributed by atoms with E-state index in [1.807, 2.05) is 13.0 Å². The second-order valence-electron chi connectivity index (χ2n) is 4.49. The maximum absolute atomic E-state index is 14.2. The normalized spacial score (nSPS) is 12.6. The average Bonchev–Trinajstić information content (AvgIpc) is 2.94. The highest BCUT2D eigenvalue weighted by molar-refractivity contribution is 9.10. The minimum Gasteiger partial charge on any atom is -0.469 e. The van der Waals surface area contributed by atoms with Crippen LogP contribution < -0.4 is 5.32 Å². The van der Waals surface area contributed by atoms with Gasteiger partial charge in [0, 0.05) is 18.0 Å². The zero-order valence-corrected chi connectivity index (χ0v) is 12.7. The van der Waals surface area contributed by atoms with E-state index in [2.05, 4.69) is 21.2 Å². The minimum absolute atomic E-state index is 0.0766. The molecular formula is C15H16BrF2NO. The molecular weight excluding hydrogens is 328 g/mol. The Kier molecular flexibility index (Phi) is 5.31. The Morgan fingerprint density at radius 3 is 2.75 bits per heavy atom. The van der Waals surface area contributed by atoms with Crippen molar-refractivity contribution in [3.63, 3.8) is 0 Å². The van der Waals surface area contributed by atoms with Crippen molar-refractivity contribution in [3.8, 4) is 0 Å². The van der Waals surface area contributed by atoms with Gasteiger partial charge in [0.25, 0.3) is 0 Å². The van der Waals surface area contributed by atoms with Gasteiger partial charge in [-0.15, -0.1) is 0 Å². The monoisotopic (exact) mass is 343 g/mol. The Balaban J connectivity index is 2.21. The molecule has 108 valence electrons. The summed E-state index contributed by atoms with van der Waals surface area (Å²) in [4.78, 5) is 0. The largest absolute Gasteiger partial charge is 0.469 e. The van der Waals surface area contributed by atoms with Crippen LogP contribution in [0.3, 0.4) is 0 Å². The van der Waals surface area contributed by atoms with E-state index in [1.165, 1.54) is 12.1 Å². The molecule has 1 aromatic heterocycles. The van der Waals surface area contributed by atoms with Crippen molar-refractivity contribution in [1.29, 1.82) is 0 Å². The van der Waals surface area contributed by atoms with E-state index in [1.54, 1.807) is 12.3 Å². The molecule has 0 amide bonds. The lowest BCUT2D eigenvalue weighted by atomic mass is 10.00. The van der Waals surface area contributed by atoms with Gasteiger partial charge in [-0.3, -0.25) is 0 Å². The van der Waals surface area contributed by atoms with Gasteiger partial charge < -0.3 is 9.73 Å². The van der Waals surface area contributed by atoms with Gasteiger partial charge in [0.15, 0.2) is 0 Å². The fraction of sp³-hybridized carbons (Fsp3) is 0.333. The molecule has 2 nitrogen and oxygen atoms in total. The summed E-state index contributed by atoms with van der Waals surface area (Å²) in [5, 5.41) is 3.13. The Morgan fingerprint density at radius 1 is 1.30 bits per heavy atom. The Hall–Kier alpha value is -1.20. The van der Waals surface area contributed by atoms with Gasteiger partial charge in [-0.2, -0.15) is 0 Å². The van der Waals surface area contributed by atoms with Crippen molar-refractivity contribution < 1.29 is 13.2 Å². The van der Waals surface area contributed by atoms with Crippen LogP contribution in [0.25, 0.3) is 0 Å². The molecule has 0 bridgehead atoms. The predicted molar refractivity (Wildman–Crippen MR) is 77.5 cm³/mol. The van der Waals surface area contributed by atoms with Gasteiger partial charge in [-0.1, -0.05) is 6.92 Å². The van der Waals surface area contributed by atoms with Crippen LogP contribution in [0.1, 0.15) is 30.7 Å². The molecule has 20 heavy (non-hydrogen) atoms. The quantitative estimate of drug-likeness (QED) is 0.775. The number of hydrogen-bond acceptors (Lipinski definition) is 2. The van der Waals surface area contributed by atoms with Gasteiger partial charge in [0.1, 0.15) is 17.4 Å². The molecule has 2 aromatic rings. The van der Waals surface area contributed by atoms with E-state index in [9.17, 15) is 8.78 Å². The van der Waals surface area contributed by atoms with E-state index < -0.39 is 11.6 Å². The minimum atomic E-state index is -0.546. The van der Waals surface area contributed by atoms with Gasteiger partial charge in [-0.25, -0.2) is 8.78 Å². The number of benzene rings is 1. The van der Waals surface area contributed by atoms with Crippen LogP contribution in [-0.2, 0) is 6.42 Å². The Morgan fingerprint density at radius 2 is 2.10 bits per heavy atom. The SMILES string of the molecule is CCNC(CCc1ccco1)c1c(F)ccc(Br)c1F. The zero-order chi connectivity index (χ0) is 14.5. The lowest BCUT2D eigenvalue weighted by Crippen LogP contribution is -2.23. The Labute approximate surface area is 125 Å². The summed E-state index contributed by atoms with van der Waals surface area (Å²) in [7, 11) is 0. The highest BCUT2D eigenvalue weighted by Gasteiger charge is 2.21. The maximum Gasteiger partial charge on any atom is 0.145 e. The molecule has 1 heterocycles. The molecule has 1 N–H and O–H groups in total. The summed E-state index contributed by atoms with van der Waals surface area (Å²) in [6.45, 7) is 2.54. The molecule has 0 aliphatic carbocycles. The first-order valence-corrected chi connectivity index (χ1v) is 7.32. The molecule has 0 radical (unpaired) electrons. The van der Waals surface area contributed by atoms with Gasteiger partial charge >= 0.3 is 0 Å². The summed E-state index contributed by atoms with van der Waals surface area (Å²) >= 11 is 3.10. The second kappa shape index (κ2) is 6.99. The Bertz CT molecular complexity index is 557. The van der Waals surface area contributed by atoms with Crippen LogP contribution in [0.2, 0.25) is 0 Å². The van der Waals surface area contributed by atoms with Crippen LogP contribution in [0.15, 0.2) is 39.4 Å². The summed E-state index contributed by atoms with van der Waals surface area (Å²) in [6.07, 6.45) is 2.78. The highest BCUT2D eigenvalue weighted by Crippen LogP contribution is 2.29. The fourth-order valence-corrected chi connectivity index (χ4v) is 2.54. The van der Waals surface area contributed by atoms with E-state index in [0.29, 0.717) is 19.4 Å². The molecule has 0 fully saturated rings. The first-order valence-electron chi connectivity index (χ1n) is 6.52. The van der Waals surface area contributed by atoms with E-state index in [0.717, 1.165) is 5.76 Å². The van der Waals surface area contributed by atoms with Crippen molar-refractivity contribution in [2.75, 3.05) is 6.54 Å². The topological polar surface area (TPSA) is 25.2 Å².